The summed E-state index contributed by atoms with van der Waals surface area (Å²) in [5.74, 6) is -3.28. The molecule has 7 heteroatoms. The third-order valence-electron chi connectivity index (χ3n) is 4.36. The molecule has 0 radical (unpaired) electrons. The lowest BCUT2D eigenvalue weighted by molar-refractivity contribution is 0.00684. The van der Waals surface area contributed by atoms with Gasteiger partial charge in [-0.3, -0.25) is 0 Å². The van der Waals surface area contributed by atoms with Gasteiger partial charge in [0.1, 0.15) is 23.6 Å². The average molecular weight is 347 g/mol. The Kier molecular flexibility index (Phi) is 4.59. The Bertz CT molecular complexity index is 870. The molecule has 0 amide bonds. The van der Waals surface area contributed by atoms with Crippen LogP contribution in [0.2, 0.25) is 0 Å². The minimum Gasteiger partial charge on any atom is -0.384 e. The van der Waals surface area contributed by atoms with E-state index in [4.69, 9.17) is 0 Å². The van der Waals surface area contributed by atoms with Crippen LogP contribution in [0, 0.1) is 17.5 Å². The highest BCUT2D eigenvalue weighted by Gasteiger charge is 2.41. The van der Waals surface area contributed by atoms with Gasteiger partial charge in [0.2, 0.25) is 0 Å². The van der Waals surface area contributed by atoms with Crippen LogP contribution in [0.5, 0.6) is 0 Å². The van der Waals surface area contributed by atoms with Crippen LogP contribution < -0.4 is 0 Å². The topological polar surface area (TPSA) is 61.8 Å². The van der Waals surface area contributed by atoms with Gasteiger partial charge in [0.15, 0.2) is 5.82 Å². The summed E-state index contributed by atoms with van der Waals surface area (Å²) in [5, 5.41) is 11.4. The smallest absolute Gasteiger partial charge is 0.163 e. The zero-order chi connectivity index (χ0) is 18.0. The van der Waals surface area contributed by atoms with Crippen LogP contribution in [0.15, 0.2) is 49.2 Å². The van der Waals surface area contributed by atoms with Gasteiger partial charge in [-0.15, -0.1) is 0 Å². The van der Waals surface area contributed by atoms with E-state index in [2.05, 4.69) is 15.0 Å². The van der Waals surface area contributed by atoms with Crippen molar-refractivity contribution in [2.45, 2.75) is 24.9 Å². The van der Waals surface area contributed by atoms with Crippen LogP contribution in [0.1, 0.15) is 29.7 Å². The first-order valence-electron chi connectivity index (χ1n) is 7.67. The average Bonchev–Trinajstić information content (AvgIpc) is 3.07. The molecule has 130 valence electrons. The van der Waals surface area contributed by atoms with Crippen molar-refractivity contribution in [3.63, 3.8) is 0 Å². The monoisotopic (exact) mass is 347 g/mol. The van der Waals surface area contributed by atoms with Crippen molar-refractivity contribution in [2.75, 3.05) is 0 Å². The van der Waals surface area contributed by atoms with Gasteiger partial charge in [0.05, 0.1) is 11.9 Å². The predicted molar refractivity (Wildman–Crippen MR) is 85.2 cm³/mol. The maximum absolute atomic E-state index is 14.4. The first kappa shape index (κ1) is 17.2. The lowest BCUT2D eigenvalue weighted by Crippen LogP contribution is -2.36. The summed E-state index contributed by atoms with van der Waals surface area (Å²) < 4.78 is 41.8. The highest BCUT2D eigenvalue weighted by molar-refractivity contribution is 5.32. The number of aliphatic hydroxyl groups is 1. The summed E-state index contributed by atoms with van der Waals surface area (Å²) in [6, 6.07) is 4.65. The Morgan fingerprint density at radius 1 is 1.20 bits per heavy atom. The first-order chi connectivity index (χ1) is 11.9. The number of rotatable bonds is 5. The van der Waals surface area contributed by atoms with Gasteiger partial charge in [-0.25, -0.2) is 23.1 Å². The normalized spacial score (nSPS) is 14.9. The van der Waals surface area contributed by atoms with Crippen molar-refractivity contribution in [3.05, 3.63) is 83.5 Å². The summed E-state index contributed by atoms with van der Waals surface area (Å²) in [6.45, 7) is 1.54. The minimum absolute atomic E-state index is 0.0103. The molecule has 0 aliphatic heterocycles. The standard InChI is InChI=1S/C18H16F3N3O/c1-11(17-16(21)9-23-10-24-17)18(25,7-12-4-5-22-8-12)14-3-2-13(19)6-15(14)20/h2-6,8-11,22,25H,7H2,1H3/t11-,18+/m0/s1. The zero-order valence-corrected chi connectivity index (χ0v) is 13.4. The molecule has 0 aliphatic rings. The van der Waals surface area contributed by atoms with Crippen molar-refractivity contribution in [2.24, 2.45) is 0 Å². The van der Waals surface area contributed by atoms with Gasteiger partial charge >= 0.3 is 0 Å². The van der Waals surface area contributed by atoms with Gasteiger partial charge in [-0.1, -0.05) is 13.0 Å². The molecule has 2 aromatic heterocycles. The molecule has 0 saturated carbocycles. The van der Waals surface area contributed by atoms with E-state index in [1.807, 2.05) is 0 Å². The van der Waals surface area contributed by atoms with Crippen LogP contribution >= 0.6 is 0 Å². The molecule has 0 aliphatic carbocycles. The van der Waals surface area contributed by atoms with Gasteiger partial charge in [0, 0.05) is 36.4 Å². The highest BCUT2D eigenvalue weighted by Crippen LogP contribution is 2.40. The fourth-order valence-corrected chi connectivity index (χ4v) is 2.97. The molecule has 4 nitrogen and oxygen atoms in total. The number of H-pyrrole nitrogens is 1. The minimum atomic E-state index is -1.84. The molecule has 2 atom stereocenters. The van der Waals surface area contributed by atoms with Gasteiger partial charge in [-0.2, -0.15) is 0 Å². The Labute approximate surface area is 142 Å². The van der Waals surface area contributed by atoms with E-state index in [1.54, 1.807) is 25.4 Å². The molecule has 25 heavy (non-hydrogen) atoms. The Balaban J connectivity index is 2.13. The summed E-state index contributed by atoms with van der Waals surface area (Å²) in [6.07, 6.45) is 5.44. The van der Waals surface area contributed by atoms with E-state index in [9.17, 15) is 18.3 Å². The second kappa shape index (κ2) is 6.68. The van der Waals surface area contributed by atoms with Crippen molar-refractivity contribution < 1.29 is 18.3 Å². The molecule has 1 aromatic carbocycles. The summed E-state index contributed by atoms with van der Waals surface area (Å²) in [5.41, 5.74) is -1.32. The van der Waals surface area contributed by atoms with Crippen molar-refractivity contribution >= 4 is 0 Å². The highest BCUT2D eigenvalue weighted by atomic mass is 19.1. The van der Waals surface area contributed by atoms with E-state index >= 15 is 0 Å². The molecule has 0 spiro atoms. The Morgan fingerprint density at radius 2 is 2.00 bits per heavy atom. The largest absolute Gasteiger partial charge is 0.384 e. The molecule has 0 bridgehead atoms. The van der Waals surface area contributed by atoms with Gasteiger partial charge in [0.25, 0.3) is 0 Å². The maximum Gasteiger partial charge on any atom is 0.163 e. The van der Waals surface area contributed by atoms with Gasteiger partial charge < -0.3 is 10.1 Å². The molecular formula is C18H16F3N3O. The van der Waals surface area contributed by atoms with Crippen molar-refractivity contribution in [3.8, 4) is 0 Å². The third-order valence-corrected chi connectivity index (χ3v) is 4.36. The fourth-order valence-electron chi connectivity index (χ4n) is 2.97. The van der Waals surface area contributed by atoms with Crippen LogP contribution in [0.4, 0.5) is 13.2 Å². The van der Waals surface area contributed by atoms with E-state index in [0.29, 0.717) is 11.6 Å². The Hall–Kier alpha value is -2.67. The zero-order valence-electron chi connectivity index (χ0n) is 13.4. The van der Waals surface area contributed by atoms with Crippen molar-refractivity contribution in [1.29, 1.82) is 0 Å². The van der Waals surface area contributed by atoms with E-state index in [1.165, 1.54) is 6.07 Å². The quantitative estimate of drug-likeness (QED) is 0.743. The number of hydrogen-bond acceptors (Lipinski definition) is 3. The number of aromatic amines is 1. The second-order valence-electron chi connectivity index (χ2n) is 5.92. The predicted octanol–water partition coefficient (Wildman–Crippen LogP) is 3.46. The summed E-state index contributed by atoms with van der Waals surface area (Å²) in [4.78, 5) is 10.3. The molecule has 2 heterocycles. The van der Waals surface area contributed by atoms with Crippen LogP contribution in [0.25, 0.3) is 0 Å². The molecule has 0 saturated heterocycles. The van der Waals surface area contributed by atoms with E-state index in [0.717, 1.165) is 18.6 Å². The fraction of sp³-hybridized carbons (Fsp3) is 0.222. The Morgan fingerprint density at radius 3 is 2.64 bits per heavy atom. The maximum atomic E-state index is 14.4. The number of nitrogens with zero attached hydrogens (tertiary/aromatic N) is 2. The summed E-state index contributed by atoms with van der Waals surface area (Å²) in [7, 11) is 0. The van der Waals surface area contributed by atoms with Crippen LogP contribution in [-0.2, 0) is 12.0 Å². The molecule has 3 aromatic rings. The first-order valence-corrected chi connectivity index (χ1v) is 7.67. The van der Waals surface area contributed by atoms with Crippen molar-refractivity contribution in [1.82, 2.24) is 15.0 Å². The van der Waals surface area contributed by atoms with E-state index < -0.39 is 29.0 Å². The molecular weight excluding hydrogens is 331 g/mol. The number of aromatic nitrogens is 3. The van der Waals surface area contributed by atoms with Crippen LogP contribution in [-0.4, -0.2) is 20.1 Å². The summed E-state index contributed by atoms with van der Waals surface area (Å²) >= 11 is 0. The van der Waals surface area contributed by atoms with E-state index in [-0.39, 0.29) is 17.7 Å². The van der Waals surface area contributed by atoms with Crippen LogP contribution in [0.3, 0.4) is 0 Å². The molecule has 2 N–H and O–H groups in total. The number of halogens is 3. The SMILES string of the molecule is C[C@@H](c1ncncc1F)[C@](O)(Cc1cc[nH]c1)c1ccc(F)cc1F. The number of nitrogens with one attached hydrogen (secondary N) is 1. The lowest BCUT2D eigenvalue weighted by atomic mass is 9.76. The number of hydrogen-bond donors (Lipinski definition) is 2. The molecule has 3 rings (SSSR count). The molecule has 0 unspecified atom stereocenters. The molecule has 0 fully saturated rings. The lowest BCUT2D eigenvalue weighted by Gasteiger charge is -2.34. The number of benzene rings is 1. The second-order valence-corrected chi connectivity index (χ2v) is 5.92. The van der Waals surface area contributed by atoms with Gasteiger partial charge in [-0.05, 0) is 17.7 Å². The third kappa shape index (κ3) is 3.28.